The number of carbonyl (C=O) groups excluding carboxylic acids is 1. The number of Topliss-reactive ketones (excluding diaryl/α,β-unsaturated/α-hetero) is 1. The standard InChI is InChI=1S/C18H31IO3/c1-5-14(15(20)6-2)16-8-13(4)9-18(11-16,22-19)12-17(21,7-3)10-16/h13-14,21H,5-12H2,1-4H3. The average molecular weight is 422 g/mol. The molecule has 4 heteroatoms. The maximum absolute atomic E-state index is 12.6. The summed E-state index contributed by atoms with van der Waals surface area (Å²) in [7, 11) is 0. The number of carbonyl (C=O) groups is 1. The molecule has 1 N–H and O–H groups in total. The predicted octanol–water partition coefficient (Wildman–Crippen LogP) is 4.84. The molecule has 2 aliphatic carbocycles. The average Bonchev–Trinajstić information content (AvgIpc) is 2.46. The first-order valence-corrected chi connectivity index (χ1v) is 9.70. The monoisotopic (exact) mass is 422 g/mol. The van der Waals surface area contributed by atoms with Gasteiger partial charge >= 0.3 is 0 Å². The van der Waals surface area contributed by atoms with Gasteiger partial charge in [-0.05, 0) is 49.9 Å². The number of hydrogen-bond donors (Lipinski definition) is 1. The Labute approximate surface area is 149 Å². The zero-order chi connectivity index (χ0) is 16.6. The highest BCUT2D eigenvalue weighted by Crippen LogP contribution is 2.62. The molecule has 0 amide bonds. The molecule has 0 aromatic rings. The van der Waals surface area contributed by atoms with Gasteiger partial charge in [-0.25, -0.2) is 0 Å². The van der Waals surface area contributed by atoms with Crippen LogP contribution in [0.4, 0.5) is 0 Å². The van der Waals surface area contributed by atoms with Gasteiger partial charge in [0.1, 0.15) is 28.8 Å². The highest BCUT2D eigenvalue weighted by Gasteiger charge is 2.60. The van der Waals surface area contributed by atoms with Crippen molar-refractivity contribution in [3.63, 3.8) is 0 Å². The van der Waals surface area contributed by atoms with Gasteiger partial charge in [-0.3, -0.25) is 4.79 Å². The second-order valence-corrected chi connectivity index (χ2v) is 8.47. The van der Waals surface area contributed by atoms with E-state index in [1.54, 1.807) is 0 Å². The van der Waals surface area contributed by atoms with Crippen molar-refractivity contribution in [2.75, 3.05) is 0 Å². The molecule has 0 aromatic carbocycles. The molecule has 2 fully saturated rings. The lowest BCUT2D eigenvalue weighted by atomic mass is 9.48. The molecular weight excluding hydrogens is 391 g/mol. The van der Waals surface area contributed by atoms with E-state index in [9.17, 15) is 9.90 Å². The van der Waals surface area contributed by atoms with Gasteiger partial charge in [-0.2, -0.15) is 0 Å². The van der Waals surface area contributed by atoms with Crippen LogP contribution in [0.25, 0.3) is 0 Å². The molecule has 3 nitrogen and oxygen atoms in total. The minimum absolute atomic E-state index is 0.0598. The van der Waals surface area contributed by atoms with Crippen LogP contribution in [0.1, 0.15) is 79.1 Å². The normalized spacial score (nSPS) is 42.9. The third-order valence-corrected chi connectivity index (χ3v) is 7.12. The van der Waals surface area contributed by atoms with Crippen molar-refractivity contribution in [1.29, 1.82) is 0 Å². The van der Waals surface area contributed by atoms with Crippen LogP contribution in [0.3, 0.4) is 0 Å². The quantitative estimate of drug-likeness (QED) is 0.624. The van der Waals surface area contributed by atoms with Gasteiger partial charge in [0.25, 0.3) is 0 Å². The van der Waals surface area contributed by atoms with E-state index in [1.165, 1.54) is 0 Å². The number of halogens is 1. The number of aliphatic hydroxyl groups is 1. The molecule has 128 valence electrons. The van der Waals surface area contributed by atoms with E-state index in [0.29, 0.717) is 24.5 Å². The van der Waals surface area contributed by atoms with E-state index >= 15 is 0 Å². The fourth-order valence-electron chi connectivity index (χ4n) is 5.75. The van der Waals surface area contributed by atoms with Gasteiger partial charge in [-0.15, -0.1) is 0 Å². The lowest BCUT2D eigenvalue weighted by Gasteiger charge is -2.60. The third-order valence-electron chi connectivity index (χ3n) is 6.19. The summed E-state index contributed by atoms with van der Waals surface area (Å²) in [6.07, 6.45) is 6.64. The van der Waals surface area contributed by atoms with E-state index < -0.39 is 5.60 Å². The highest BCUT2D eigenvalue weighted by atomic mass is 127. The van der Waals surface area contributed by atoms with Crippen molar-refractivity contribution in [2.45, 2.75) is 90.3 Å². The second kappa shape index (κ2) is 6.67. The van der Waals surface area contributed by atoms with Crippen LogP contribution < -0.4 is 0 Å². The molecule has 2 rings (SSSR count). The largest absolute Gasteiger partial charge is 0.390 e. The van der Waals surface area contributed by atoms with E-state index in [1.807, 2.05) is 29.9 Å². The van der Waals surface area contributed by atoms with Crippen molar-refractivity contribution in [3.05, 3.63) is 0 Å². The summed E-state index contributed by atoms with van der Waals surface area (Å²) >= 11 is 2.02. The Bertz CT molecular complexity index is 423. The Balaban J connectivity index is 2.47. The summed E-state index contributed by atoms with van der Waals surface area (Å²) in [5.74, 6) is 0.965. The Morgan fingerprint density at radius 1 is 1.27 bits per heavy atom. The molecule has 0 radical (unpaired) electrons. The first-order valence-electron chi connectivity index (χ1n) is 8.82. The maximum atomic E-state index is 12.6. The summed E-state index contributed by atoms with van der Waals surface area (Å²) < 4.78 is 5.95. The SMILES string of the molecule is CCC(=O)C(CC)C12CC(C)CC(OI)(CC(O)(CC)C1)C2. The first-order chi connectivity index (χ1) is 10.3. The number of ketones is 1. The fourth-order valence-corrected chi connectivity index (χ4v) is 6.24. The molecule has 5 atom stereocenters. The van der Waals surface area contributed by atoms with Crippen LogP contribution in [-0.4, -0.2) is 22.1 Å². The second-order valence-electron chi connectivity index (χ2n) is 8.02. The summed E-state index contributed by atoms with van der Waals surface area (Å²) in [6.45, 7) is 8.42. The molecule has 0 spiro atoms. The van der Waals surface area contributed by atoms with Crippen molar-refractivity contribution >= 4 is 28.8 Å². The molecule has 0 aliphatic heterocycles. The molecule has 5 unspecified atom stereocenters. The van der Waals surface area contributed by atoms with E-state index in [0.717, 1.165) is 38.5 Å². The van der Waals surface area contributed by atoms with Crippen LogP contribution >= 0.6 is 23.0 Å². The van der Waals surface area contributed by atoms with Gasteiger partial charge in [-0.1, -0.05) is 27.7 Å². The van der Waals surface area contributed by atoms with Gasteiger partial charge in [0.15, 0.2) is 0 Å². The lowest BCUT2D eigenvalue weighted by molar-refractivity contribution is -0.180. The van der Waals surface area contributed by atoms with Crippen LogP contribution in [0, 0.1) is 17.3 Å². The number of hydrogen-bond acceptors (Lipinski definition) is 3. The number of fused-ring (bicyclic) bond motifs is 2. The molecule has 2 aliphatic rings. The van der Waals surface area contributed by atoms with E-state index in [-0.39, 0.29) is 16.9 Å². The van der Waals surface area contributed by atoms with Crippen molar-refractivity contribution in [2.24, 2.45) is 17.3 Å². The Morgan fingerprint density at radius 2 is 1.95 bits per heavy atom. The molecule has 22 heavy (non-hydrogen) atoms. The summed E-state index contributed by atoms with van der Waals surface area (Å²) in [4.78, 5) is 12.6. The molecule has 0 heterocycles. The zero-order valence-electron chi connectivity index (χ0n) is 14.5. The molecular formula is C18H31IO3. The van der Waals surface area contributed by atoms with E-state index in [2.05, 4.69) is 20.8 Å². The molecule has 0 saturated heterocycles. The van der Waals surface area contributed by atoms with E-state index in [4.69, 9.17) is 3.07 Å². The van der Waals surface area contributed by atoms with Crippen molar-refractivity contribution < 1.29 is 13.0 Å². The fraction of sp³-hybridized carbons (Fsp3) is 0.944. The molecule has 0 aromatic heterocycles. The van der Waals surface area contributed by atoms with Crippen LogP contribution in [0.2, 0.25) is 0 Å². The summed E-state index contributed by atoms with van der Waals surface area (Å²) in [5.41, 5.74) is -1.04. The summed E-state index contributed by atoms with van der Waals surface area (Å²) in [6, 6.07) is 0. The molecule has 2 saturated carbocycles. The Hall–Kier alpha value is 0.320. The first kappa shape index (κ1) is 18.7. The minimum atomic E-state index is -0.689. The van der Waals surface area contributed by atoms with Gasteiger partial charge in [0, 0.05) is 18.8 Å². The minimum Gasteiger partial charge on any atom is -0.390 e. The predicted molar refractivity (Wildman–Crippen MR) is 96.8 cm³/mol. The van der Waals surface area contributed by atoms with Crippen molar-refractivity contribution in [1.82, 2.24) is 0 Å². The number of rotatable bonds is 6. The highest BCUT2D eigenvalue weighted by molar-refractivity contribution is 14.1. The third kappa shape index (κ3) is 3.25. The summed E-state index contributed by atoms with van der Waals surface area (Å²) in [5, 5.41) is 11.1. The lowest BCUT2D eigenvalue weighted by Crippen LogP contribution is -2.60. The van der Waals surface area contributed by atoms with Crippen LogP contribution in [0.15, 0.2) is 0 Å². The Morgan fingerprint density at radius 3 is 2.45 bits per heavy atom. The van der Waals surface area contributed by atoms with Crippen LogP contribution in [-0.2, 0) is 7.86 Å². The van der Waals surface area contributed by atoms with Gasteiger partial charge in [0.05, 0.1) is 11.2 Å². The topological polar surface area (TPSA) is 46.5 Å². The Kier molecular flexibility index (Phi) is 5.66. The maximum Gasteiger partial charge on any atom is 0.136 e. The van der Waals surface area contributed by atoms with Gasteiger partial charge < -0.3 is 8.17 Å². The molecule has 2 bridgehead atoms. The van der Waals surface area contributed by atoms with Crippen LogP contribution in [0.5, 0.6) is 0 Å². The smallest absolute Gasteiger partial charge is 0.136 e. The van der Waals surface area contributed by atoms with Crippen molar-refractivity contribution in [3.8, 4) is 0 Å². The zero-order valence-corrected chi connectivity index (χ0v) is 16.6. The van der Waals surface area contributed by atoms with Gasteiger partial charge in [0.2, 0.25) is 0 Å².